The summed E-state index contributed by atoms with van der Waals surface area (Å²) in [5, 5.41) is 14.9. The summed E-state index contributed by atoms with van der Waals surface area (Å²) in [5.41, 5.74) is 6.34. The molecule has 21 heavy (non-hydrogen) atoms. The average Bonchev–Trinajstić information content (AvgIpc) is 2.50. The molecule has 104 valence electrons. The number of fused-ring (bicyclic) bond motifs is 1. The van der Waals surface area contributed by atoms with E-state index in [2.05, 4.69) is 15.5 Å². The maximum atomic E-state index is 9.81. The molecule has 0 amide bonds. The largest absolute Gasteiger partial charge is 0.506 e. The Kier molecular flexibility index (Phi) is 3.51. The number of phenols is 1. The number of benzene rings is 2. The highest BCUT2D eigenvalue weighted by Crippen LogP contribution is 2.21. The molecule has 2 N–H and O–H groups in total. The Hall–Kier alpha value is -2.88. The van der Waals surface area contributed by atoms with E-state index < -0.39 is 0 Å². The molecule has 2 aromatic carbocycles. The highest BCUT2D eigenvalue weighted by molar-refractivity contribution is 5.88. The van der Waals surface area contributed by atoms with E-state index in [0.717, 1.165) is 16.6 Å². The lowest BCUT2D eigenvalue weighted by atomic mass is 10.2. The number of nitrogens with one attached hydrogen (secondary N) is 1. The molecular weight excluding hydrogens is 262 g/mol. The van der Waals surface area contributed by atoms with Crippen LogP contribution in [0.2, 0.25) is 0 Å². The van der Waals surface area contributed by atoms with Gasteiger partial charge in [0.2, 0.25) is 0 Å². The van der Waals surface area contributed by atoms with E-state index in [1.54, 1.807) is 18.3 Å². The van der Waals surface area contributed by atoms with Gasteiger partial charge in [0.15, 0.2) is 0 Å². The molecule has 3 rings (SSSR count). The number of aryl methyl sites for hydroxylation is 1. The molecule has 4 nitrogen and oxygen atoms in total. The summed E-state index contributed by atoms with van der Waals surface area (Å²) in [6, 6.07) is 17.0. The minimum absolute atomic E-state index is 0.176. The van der Waals surface area contributed by atoms with E-state index in [0.29, 0.717) is 11.2 Å². The molecule has 0 radical (unpaired) electrons. The van der Waals surface area contributed by atoms with Gasteiger partial charge in [-0.1, -0.05) is 36.4 Å². The van der Waals surface area contributed by atoms with Crippen molar-refractivity contribution in [1.82, 2.24) is 4.98 Å². The highest BCUT2D eigenvalue weighted by Gasteiger charge is 2.01. The topological polar surface area (TPSA) is 57.5 Å². The van der Waals surface area contributed by atoms with Crippen molar-refractivity contribution in [2.45, 2.75) is 6.92 Å². The number of anilines is 1. The van der Waals surface area contributed by atoms with Crippen LogP contribution in [0.4, 0.5) is 5.69 Å². The van der Waals surface area contributed by atoms with Gasteiger partial charge in [-0.3, -0.25) is 5.43 Å². The lowest BCUT2D eigenvalue weighted by Gasteiger charge is -2.04. The van der Waals surface area contributed by atoms with E-state index in [1.807, 2.05) is 49.4 Å². The molecule has 0 aliphatic rings. The average molecular weight is 277 g/mol. The third kappa shape index (κ3) is 2.84. The molecule has 4 heteroatoms. The first kappa shape index (κ1) is 13.1. The van der Waals surface area contributed by atoms with Gasteiger partial charge in [0.05, 0.1) is 17.6 Å². The zero-order valence-corrected chi connectivity index (χ0v) is 11.6. The lowest BCUT2D eigenvalue weighted by Crippen LogP contribution is -1.94. The molecule has 1 aromatic heterocycles. The van der Waals surface area contributed by atoms with Crippen molar-refractivity contribution in [3.05, 3.63) is 65.9 Å². The molecule has 3 aromatic rings. The second-order valence-corrected chi connectivity index (χ2v) is 4.77. The van der Waals surface area contributed by atoms with Crippen LogP contribution >= 0.6 is 0 Å². The number of pyridine rings is 1. The number of phenolic OH excluding ortho intramolecular Hbond substituents is 1. The number of para-hydroxylation sites is 2. The van der Waals surface area contributed by atoms with E-state index in [9.17, 15) is 5.11 Å². The summed E-state index contributed by atoms with van der Waals surface area (Å²) < 4.78 is 0. The Balaban J connectivity index is 1.83. The first-order valence-corrected chi connectivity index (χ1v) is 6.67. The zero-order chi connectivity index (χ0) is 14.7. The fourth-order valence-corrected chi connectivity index (χ4v) is 2.08. The Morgan fingerprint density at radius 2 is 1.90 bits per heavy atom. The van der Waals surface area contributed by atoms with Gasteiger partial charge < -0.3 is 5.11 Å². The maximum Gasteiger partial charge on any atom is 0.141 e. The van der Waals surface area contributed by atoms with Crippen molar-refractivity contribution in [2.24, 2.45) is 5.10 Å². The monoisotopic (exact) mass is 277 g/mol. The van der Waals surface area contributed by atoms with E-state index >= 15 is 0 Å². The second kappa shape index (κ2) is 5.63. The molecule has 1 heterocycles. The molecule has 0 aliphatic heterocycles. The van der Waals surface area contributed by atoms with Crippen molar-refractivity contribution in [3.8, 4) is 5.75 Å². The van der Waals surface area contributed by atoms with Crippen LogP contribution in [0, 0.1) is 6.92 Å². The number of hydrogen-bond acceptors (Lipinski definition) is 4. The Morgan fingerprint density at radius 1 is 1.05 bits per heavy atom. The molecule has 0 bridgehead atoms. The van der Waals surface area contributed by atoms with E-state index in [1.165, 1.54) is 0 Å². The zero-order valence-electron chi connectivity index (χ0n) is 11.6. The molecule has 0 aliphatic carbocycles. The van der Waals surface area contributed by atoms with Crippen LogP contribution in [0.5, 0.6) is 5.75 Å². The Morgan fingerprint density at radius 3 is 2.76 bits per heavy atom. The third-order valence-corrected chi connectivity index (χ3v) is 3.25. The SMILES string of the molecule is Cc1ccccc1N/N=C/c1ccc2cccc(O)c2n1. The highest BCUT2D eigenvalue weighted by atomic mass is 16.3. The predicted octanol–water partition coefficient (Wildman–Crippen LogP) is 3.69. The normalized spacial score (nSPS) is 11.1. The molecule has 0 fully saturated rings. The number of aromatic hydroxyl groups is 1. The van der Waals surface area contributed by atoms with Gasteiger partial charge in [0.1, 0.15) is 11.3 Å². The smallest absolute Gasteiger partial charge is 0.141 e. The number of hydrazone groups is 1. The molecule has 0 unspecified atom stereocenters. The quantitative estimate of drug-likeness (QED) is 0.567. The summed E-state index contributed by atoms with van der Waals surface area (Å²) in [6.07, 6.45) is 1.64. The molecule has 0 saturated carbocycles. The summed E-state index contributed by atoms with van der Waals surface area (Å²) in [6.45, 7) is 2.02. The minimum atomic E-state index is 0.176. The van der Waals surface area contributed by atoms with Crippen molar-refractivity contribution in [1.29, 1.82) is 0 Å². The van der Waals surface area contributed by atoms with Crippen LogP contribution in [-0.4, -0.2) is 16.3 Å². The van der Waals surface area contributed by atoms with E-state index in [4.69, 9.17) is 0 Å². The molecule has 0 spiro atoms. The van der Waals surface area contributed by atoms with Crippen molar-refractivity contribution in [3.63, 3.8) is 0 Å². The van der Waals surface area contributed by atoms with Gasteiger partial charge in [-0.2, -0.15) is 5.10 Å². The maximum absolute atomic E-state index is 9.81. The summed E-state index contributed by atoms with van der Waals surface area (Å²) in [4.78, 5) is 4.39. The predicted molar refractivity (Wildman–Crippen MR) is 85.8 cm³/mol. The Labute approximate surface area is 122 Å². The van der Waals surface area contributed by atoms with Gasteiger partial charge in [-0.05, 0) is 30.7 Å². The fourth-order valence-electron chi connectivity index (χ4n) is 2.08. The van der Waals surface area contributed by atoms with E-state index in [-0.39, 0.29) is 5.75 Å². The lowest BCUT2D eigenvalue weighted by molar-refractivity contribution is 0.480. The summed E-state index contributed by atoms with van der Waals surface area (Å²) in [5.74, 6) is 0.176. The first-order chi connectivity index (χ1) is 10.2. The van der Waals surface area contributed by atoms with Crippen LogP contribution in [0.1, 0.15) is 11.3 Å². The van der Waals surface area contributed by atoms with Gasteiger partial charge in [-0.25, -0.2) is 4.98 Å². The molecule has 0 atom stereocenters. The fraction of sp³-hybridized carbons (Fsp3) is 0.0588. The van der Waals surface area contributed by atoms with Gasteiger partial charge >= 0.3 is 0 Å². The number of hydrogen-bond donors (Lipinski definition) is 2. The third-order valence-electron chi connectivity index (χ3n) is 3.25. The van der Waals surface area contributed by atoms with Crippen LogP contribution in [-0.2, 0) is 0 Å². The van der Waals surface area contributed by atoms with Gasteiger partial charge in [-0.15, -0.1) is 0 Å². The molecule has 0 saturated heterocycles. The van der Waals surface area contributed by atoms with Crippen molar-refractivity contribution in [2.75, 3.05) is 5.43 Å². The van der Waals surface area contributed by atoms with Crippen LogP contribution in [0.15, 0.2) is 59.7 Å². The second-order valence-electron chi connectivity index (χ2n) is 4.77. The van der Waals surface area contributed by atoms with Crippen LogP contribution in [0.3, 0.4) is 0 Å². The standard InChI is InChI=1S/C17H15N3O/c1-12-5-2-3-7-15(12)20-18-11-14-10-9-13-6-4-8-16(21)17(13)19-14/h2-11,20-21H,1H3/b18-11+. The van der Waals surface area contributed by atoms with Crippen molar-refractivity contribution < 1.29 is 5.11 Å². The summed E-state index contributed by atoms with van der Waals surface area (Å²) >= 11 is 0. The van der Waals surface area contributed by atoms with Crippen LogP contribution < -0.4 is 5.43 Å². The number of nitrogens with zero attached hydrogens (tertiary/aromatic N) is 2. The van der Waals surface area contributed by atoms with Crippen molar-refractivity contribution >= 4 is 22.8 Å². The minimum Gasteiger partial charge on any atom is -0.506 e. The number of rotatable bonds is 3. The first-order valence-electron chi connectivity index (χ1n) is 6.67. The number of aromatic nitrogens is 1. The summed E-state index contributed by atoms with van der Waals surface area (Å²) in [7, 11) is 0. The van der Waals surface area contributed by atoms with Gasteiger partial charge in [0.25, 0.3) is 0 Å². The Bertz CT molecular complexity index is 812. The van der Waals surface area contributed by atoms with Crippen LogP contribution in [0.25, 0.3) is 10.9 Å². The molecular formula is C17H15N3O. The van der Waals surface area contributed by atoms with Gasteiger partial charge in [0, 0.05) is 5.39 Å².